The van der Waals surface area contributed by atoms with Crippen LogP contribution in [-0.4, -0.2) is 26.3 Å². The lowest BCUT2D eigenvalue weighted by molar-refractivity contribution is 0.208. The van der Waals surface area contributed by atoms with E-state index in [1.54, 1.807) is 14.2 Å². The zero-order valence-electron chi connectivity index (χ0n) is 16.3. The van der Waals surface area contributed by atoms with E-state index in [9.17, 15) is 0 Å². The van der Waals surface area contributed by atoms with Crippen molar-refractivity contribution >= 4 is 35.6 Å². The SMILES string of the molecule is COc1ccc(OC)c(NC(N)=NCc2ccccc2OC2CCCC2)c1.I. The largest absolute Gasteiger partial charge is 0.497 e. The zero-order valence-corrected chi connectivity index (χ0v) is 18.6. The topological polar surface area (TPSA) is 78.1 Å². The number of hydrogen-bond acceptors (Lipinski definition) is 4. The lowest BCUT2D eigenvalue weighted by Gasteiger charge is -2.16. The van der Waals surface area contributed by atoms with Crippen LogP contribution in [0.25, 0.3) is 0 Å². The Morgan fingerprint density at radius 2 is 1.82 bits per heavy atom. The Labute approximate surface area is 183 Å². The van der Waals surface area contributed by atoms with Gasteiger partial charge in [-0.25, -0.2) is 4.99 Å². The van der Waals surface area contributed by atoms with E-state index in [4.69, 9.17) is 19.9 Å². The molecule has 2 aromatic carbocycles. The molecule has 0 radical (unpaired) electrons. The minimum Gasteiger partial charge on any atom is -0.497 e. The van der Waals surface area contributed by atoms with Gasteiger partial charge in [-0.1, -0.05) is 18.2 Å². The van der Waals surface area contributed by atoms with Crippen molar-refractivity contribution in [3.05, 3.63) is 48.0 Å². The molecule has 0 aliphatic heterocycles. The monoisotopic (exact) mass is 497 g/mol. The fraction of sp³-hybridized carbons (Fsp3) is 0.381. The number of hydrogen-bond donors (Lipinski definition) is 2. The smallest absolute Gasteiger partial charge is 0.193 e. The minimum absolute atomic E-state index is 0. The molecule has 6 nitrogen and oxygen atoms in total. The van der Waals surface area contributed by atoms with Crippen LogP contribution in [0.15, 0.2) is 47.5 Å². The summed E-state index contributed by atoms with van der Waals surface area (Å²) in [5.74, 6) is 2.57. The summed E-state index contributed by atoms with van der Waals surface area (Å²) in [5, 5.41) is 3.08. The van der Waals surface area contributed by atoms with E-state index in [1.807, 2.05) is 42.5 Å². The third-order valence-electron chi connectivity index (χ3n) is 4.66. The molecule has 0 spiro atoms. The number of ether oxygens (including phenoxy) is 3. The van der Waals surface area contributed by atoms with E-state index >= 15 is 0 Å². The molecular weight excluding hydrogens is 469 g/mol. The number of rotatable bonds is 7. The van der Waals surface area contributed by atoms with Gasteiger partial charge in [-0.05, 0) is 43.9 Å². The number of benzene rings is 2. The van der Waals surface area contributed by atoms with Crippen LogP contribution in [0, 0.1) is 0 Å². The molecule has 152 valence electrons. The van der Waals surface area contributed by atoms with E-state index in [-0.39, 0.29) is 24.0 Å². The van der Waals surface area contributed by atoms with Crippen molar-refractivity contribution in [2.24, 2.45) is 10.7 Å². The number of anilines is 1. The highest BCUT2D eigenvalue weighted by Crippen LogP contribution is 2.29. The van der Waals surface area contributed by atoms with Crippen LogP contribution in [0.4, 0.5) is 5.69 Å². The number of nitrogens with zero attached hydrogens (tertiary/aromatic N) is 1. The van der Waals surface area contributed by atoms with Crippen LogP contribution >= 0.6 is 24.0 Å². The Bertz CT molecular complexity index is 792. The van der Waals surface area contributed by atoms with Crippen molar-refractivity contribution in [2.75, 3.05) is 19.5 Å². The summed E-state index contributed by atoms with van der Waals surface area (Å²) < 4.78 is 16.8. The number of nitrogens with one attached hydrogen (secondary N) is 1. The first-order valence-electron chi connectivity index (χ1n) is 9.23. The molecule has 0 bridgehead atoms. The van der Waals surface area contributed by atoms with Crippen LogP contribution in [0.2, 0.25) is 0 Å². The molecule has 0 heterocycles. The van der Waals surface area contributed by atoms with Gasteiger partial charge in [0.25, 0.3) is 0 Å². The van der Waals surface area contributed by atoms with Crippen LogP contribution < -0.4 is 25.3 Å². The van der Waals surface area contributed by atoms with E-state index in [1.165, 1.54) is 12.8 Å². The van der Waals surface area contributed by atoms with Crippen LogP contribution in [0.5, 0.6) is 17.2 Å². The van der Waals surface area contributed by atoms with Crippen LogP contribution in [-0.2, 0) is 6.54 Å². The van der Waals surface area contributed by atoms with Gasteiger partial charge in [0, 0.05) is 11.6 Å². The molecule has 0 unspecified atom stereocenters. The second kappa shape index (κ2) is 11.0. The molecule has 1 aliphatic carbocycles. The summed E-state index contributed by atoms with van der Waals surface area (Å²) in [6, 6.07) is 13.5. The van der Waals surface area contributed by atoms with Crippen molar-refractivity contribution in [1.29, 1.82) is 0 Å². The number of aliphatic imine (C=N–C) groups is 1. The second-order valence-corrected chi connectivity index (χ2v) is 6.52. The number of nitrogens with two attached hydrogens (primary N) is 1. The molecule has 0 atom stereocenters. The summed E-state index contributed by atoms with van der Waals surface area (Å²) >= 11 is 0. The summed E-state index contributed by atoms with van der Waals surface area (Å²) in [5.41, 5.74) is 7.81. The maximum absolute atomic E-state index is 6.16. The zero-order chi connectivity index (χ0) is 19.1. The highest BCUT2D eigenvalue weighted by molar-refractivity contribution is 14.0. The second-order valence-electron chi connectivity index (χ2n) is 6.52. The maximum Gasteiger partial charge on any atom is 0.193 e. The normalized spacial score (nSPS) is 14.3. The molecule has 0 aromatic heterocycles. The van der Waals surface area contributed by atoms with Crippen LogP contribution in [0.1, 0.15) is 31.2 Å². The summed E-state index contributed by atoms with van der Waals surface area (Å²) in [7, 11) is 3.22. The highest BCUT2D eigenvalue weighted by Gasteiger charge is 2.17. The average molecular weight is 497 g/mol. The number of para-hydroxylation sites is 1. The predicted molar refractivity (Wildman–Crippen MR) is 123 cm³/mol. The van der Waals surface area contributed by atoms with E-state index in [0.717, 1.165) is 24.2 Å². The van der Waals surface area contributed by atoms with Crippen molar-refractivity contribution in [2.45, 2.75) is 38.3 Å². The first-order chi connectivity index (χ1) is 13.2. The summed E-state index contributed by atoms with van der Waals surface area (Å²) in [6.45, 7) is 0.439. The number of halogens is 1. The van der Waals surface area contributed by atoms with Crippen molar-refractivity contribution in [3.8, 4) is 17.2 Å². The molecule has 7 heteroatoms. The van der Waals surface area contributed by atoms with E-state index in [0.29, 0.717) is 35.8 Å². The Balaban J connectivity index is 0.00000280. The van der Waals surface area contributed by atoms with Crippen molar-refractivity contribution in [1.82, 2.24) is 0 Å². The average Bonchev–Trinajstić information content (AvgIpc) is 3.20. The Kier molecular flexibility index (Phi) is 8.69. The predicted octanol–water partition coefficient (Wildman–Crippen LogP) is 4.57. The molecule has 1 aliphatic rings. The maximum atomic E-state index is 6.16. The molecule has 3 N–H and O–H groups in total. The third kappa shape index (κ3) is 5.92. The molecule has 0 amide bonds. The molecule has 28 heavy (non-hydrogen) atoms. The fourth-order valence-corrected chi connectivity index (χ4v) is 3.19. The number of guanidine groups is 1. The first kappa shape index (κ1) is 22.1. The van der Waals surface area contributed by atoms with Gasteiger partial charge < -0.3 is 25.3 Å². The van der Waals surface area contributed by atoms with Crippen molar-refractivity contribution < 1.29 is 14.2 Å². The molecule has 3 rings (SSSR count). The molecule has 1 fully saturated rings. The van der Waals surface area contributed by atoms with E-state index < -0.39 is 0 Å². The molecule has 2 aromatic rings. The van der Waals surface area contributed by atoms with Gasteiger partial charge in [-0.15, -0.1) is 24.0 Å². The molecule has 0 saturated heterocycles. The first-order valence-corrected chi connectivity index (χ1v) is 9.23. The Morgan fingerprint density at radius 3 is 2.54 bits per heavy atom. The van der Waals surface area contributed by atoms with Gasteiger partial charge in [-0.3, -0.25) is 0 Å². The Hall–Kier alpha value is -2.16. The highest BCUT2D eigenvalue weighted by atomic mass is 127. The van der Waals surface area contributed by atoms with Crippen molar-refractivity contribution in [3.63, 3.8) is 0 Å². The molecule has 1 saturated carbocycles. The van der Waals surface area contributed by atoms with Gasteiger partial charge in [0.05, 0.1) is 32.6 Å². The fourth-order valence-electron chi connectivity index (χ4n) is 3.19. The van der Waals surface area contributed by atoms with Gasteiger partial charge in [0.1, 0.15) is 17.2 Å². The van der Waals surface area contributed by atoms with E-state index in [2.05, 4.69) is 10.3 Å². The van der Waals surface area contributed by atoms with Gasteiger partial charge in [0.15, 0.2) is 5.96 Å². The lowest BCUT2D eigenvalue weighted by atomic mass is 10.2. The Morgan fingerprint density at radius 1 is 1.07 bits per heavy atom. The molecular formula is C21H28IN3O3. The van der Waals surface area contributed by atoms with Gasteiger partial charge in [0.2, 0.25) is 0 Å². The standard InChI is InChI=1S/C21H27N3O3.HI/c1-25-17-11-12-20(26-2)18(13-17)24-21(22)23-14-15-7-3-6-10-19(15)27-16-8-4-5-9-16;/h3,6-7,10-13,16H,4-5,8-9,14H2,1-2H3,(H3,22,23,24);1H. The summed E-state index contributed by atoms with van der Waals surface area (Å²) in [6.07, 6.45) is 5.04. The number of methoxy groups -OCH3 is 2. The van der Waals surface area contributed by atoms with Gasteiger partial charge in [-0.2, -0.15) is 0 Å². The quantitative estimate of drug-likeness (QED) is 0.333. The summed E-state index contributed by atoms with van der Waals surface area (Å²) in [4.78, 5) is 4.46. The third-order valence-corrected chi connectivity index (χ3v) is 4.66. The van der Waals surface area contributed by atoms with Gasteiger partial charge >= 0.3 is 0 Å². The van der Waals surface area contributed by atoms with Crippen LogP contribution in [0.3, 0.4) is 0 Å². The lowest BCUT2D eigenvalue weighted by Crippen LogP contribution is -2.23. The minimum atomic E-state index is 0.